The highest BCUT2D eigenvalue weighted by molar-refractivity contribution is 5.48. The predicted octanol–water partition coefficient (Wildman–Crippen LogP) is 3.74. The third-order valence-electron chi connectivity index (χ3n) is 3.82. The van der Waals surface area contributed by atoms with Crippen molar-refractivity contribution < 1.29 is 14.6 Å². The summed E-state index contributed by atoms with van der Waals surface area (Å²) in [6, 6.07) is 11.5. The van der Waals surface area contributed by atoms with Crippen LogP contribution in [0, 0.1) is 6.92 Å². The second-order valence-corrected chi connectivity index (χ2v) is 6.10. The molecule has 0 aliphatic heterocycles. The third kappa shape index (κ3) is 4.03. The second-order valence-electron chi connectivity index (χ2n) is 6.10. The Kier molecular flexibility index (Phi) is 5.29. The zero-order valence-corrected chi connectivity index (χ0v) is 14.4. The molecule has 0 aromatic heterocycles. The van der Waals surface area contributed by atoms with Crippen LogP contribution in [0.2, 0.25) is 0 Å². The van der Waals surface area contributed by atoms with E-state index in [0.29, 0.717) is 6.54 Å². The fraction of sp³-hybridized carbons (Fsp3) is 0.368. The number of ether oxygens (including phenoxy) is 2. The van der Waals surface area contributed by atoms with E-state index in [4.69, 9.17) is 9.47 Å². The highest BCUT2D eigenvalue weighted by atomic mass is 16.5. The molecule has 2 rings (SSSR count). The molecular formula is C19H25NO3. The Morgan fingerprint density at radius 2 is 1.78 bits per heavy atom. The first-order valence-corrected chi connectivity index (χ1v) is 7.68. The number of methoxy groups -OCH3 is 1. The van der Waals surface area contributed by atoms with Gasteiger partial charge in [0.15, 0.2) is 0 Å². The fourth-order valence-electron chi connectivity index (χ4n) is 2.41. The number of benzene rings is 2. The number of nitrogens with one attached hydrogen (secondary N) is 1. The van der Waals surface area contributed by atoms with Gasteiger partial charge in [-0.3, -0.25) is 0 Å². The van der Waals surface area contributed by atoms with Crippen LogP contribution in [-0.4, -0.2) is 19.3 Å². The molecule has 0 amide bonds. The minimum atomic E-state index is -0.917. The van der Waals surface area contributed by atoms with Crippen molar-refractivity contribution >= 4 is 0 Å². The fourth-order valence-corrected chi connectivity index (χ4v) is 2.41. The lowest BCUT2D eigenvalue weighted by Gasteiger charge is -2.21. The molecular weight excluding hydrogens is 290 g/mol. The molecule has 23 heavy (non-hydrogen) atoms. The van der Waals surface area contributed by atoms with E-state index in [1.54, 1.807) is 21.0 Å². The van der Waals surface area contributed by atoms with Crippen LogP contribution in [-0.2, 0) is 12.1 Å². The van der Waals surface area contributed by atoms with Gasteiger partial charge in [-0.15, -0.1) is 0 Å². The SMILES string of the molecule is CNCc1ccc(C(C)(C)O)cc1Oc1cccc(OC)c1C. The molecule has 0 fully saturated rings. The van der Waals surface area contributed by atoms with Crippen molar-refractivity contribution in [2.75, 3.05) is 14.2 Å². The molecule has 0 radical (unpaired) electrons. The van der Waals surface area contributed by atoms with Crippen molar-refractivity contribution in [3.8, 4) is 17.2 Å². The first-order chi connectivity index (χ1) is 10.9. The molecule has 0 atom stereocenters. The topological polar surface area (TPSA) is 50.7 Å². The number of rotatable bonds is 6. The number of hydrogen-bond acceptors (Lipinski definition) is 4. The first kappa shape index (κ1) is 17.3. The van der Waals surface area contributed by atoms with Gasteiger partial charge in [-0.1, -0.05) is 18.2 Å². The zero-order chi connectivity index (χ0) is 17.0. The Balaban J connectivity index is 2.44. The van der Waals surface area contributed by atoms with E-state index < -0.39 is 5.60 Å². The van der Waals surface area contributed by atoms with Gasteiger partial charge in [-0.2, -0.15) is 0 Å². The largest absolute Gasteiger partial charge is 0.496 e. The number of hydrogen-bond donors (Lipinski definition) is 2. The van der Waals surface area contributed by atoms with Gasteiger partial charge in [0.05, 0.1) is 12.7 Å². The van der Waals surface area contributed by atoms with Gasteiger partial charge in [0.25, 0.3) is 0 Å². The van der Waals surface area contributed by atoms with Crippen molar-refractivity contribution in [3.63, 3.8) is 0 Å². The van der Waals surface area contributed by atoms with E-state index in [9.17, 15) is 5.11 Å². The van der Waals surface area contributed by atoms with Crippen LogP contribution in [0.3, 0.4) is 0 Å². The van der Waals surface area contributed by atoms with Crippen molar-refractivity contribution in [2.45, 2.75) is 32.9 Å². The van der Waals surface area contributed by atoms with E-state index >= 15 is 0 Å². The van der Waals surface area contributed by atoms with E-state index in [1.807, 2.05) is 50.4 Å². The summed E-state index contributed by atoms with van der Waals surface area (Å²) < 4.78 is 11.5. The van der Waals surface area contributed by atoms with Crippen molar-refractivity contribution in [3.05, 3.63) is 53.1 Å². The Morgan fingerprint density at radius 3 is 2.39 bits per heavy atom. The maximum absolute atomic E-state index is 10.2. The molecule has 0 aliphatic carbocycles. The molecule has 2 N–H and O–H groups in total. The van der Waals surface area contributed by atoms with Crippen LogP contribution in [0.5, 0.6) is 17.2 Å². The van der Waals surface area contributed by atoms with Crippen LogP contribution in [0.15, 0.2) is 36.4 Å². The molecule has 0 saturated heterocycles. The summed E-state index contributed by atoms with van der Waals surface area (Å²) in [6.07, 6.45) is 0. The van der Waals surface area contributed by atoms with E-state index in [1.165, 1.54) is 0 Å². The van der Waals surface area contributed by atoms with Crippen LogP contribution < -0.4 is 14.8 Å². The summed E-state index contributed by atoms with van der Waals surface area (Å²) in [7, 11) is 3.54. The zero-order valence-electron chi connectivity index (χ0n) is 14.4. The Bertz CT molecular complexity index is 675. The maximum Gasteiger partial charge on any atom is 0.134 e. The summed E-state index contributed by atoms with van der Waals surface area (Å²) in [4.78, 5) is 0. The van der Waals surface area contributed by atoms with Gasteiger partial charge in [0.1, 0.15) is 17.2 Å². The first-order valence-electron chi connectivity index (χ1n) is 7.68. The molecule has 0 bridgehead atoms. The average Bonchev–Trinajstić information content (AvgIpc) is 2.50. The quantitative estimate of drug-likeness (QED) is 0.852. The third-order valence-corrected chi connectivity index (χ3v) is 3.82. The van der Waals surface area contributed by atoms with Crippen molar-refractivity contribution in [2.24, 2.45) is 0 Å². The van der Waals surface area contributed by atoms with Crippen molar-refractivity contribution in [1.82, 2.24) is 5.32 Å². The summed E-state index contributed by atoms with van der Waals surface area (Å²) in [5.41, 5.74) is 1.87. The standard InChI is InChI=1S/C19H25NO3/c1-13-16(22-5)7-6-8-17(13)23-18-11-15(19(2,3)21)10-9-14(18)12-20-4/h6-11,20-21H,12H2,1-5H3. The molecule has 2 aromatic carbocycles. The highest BCUT2D eigenvalue weighted by Gasteiger charge is 2.18. The average molecular weight is 315 g/mol. The minimum absolute atomic E-state index is 0.685. The van der Waals surface area contributed by atoms with Gasteiger partial charge < -0.3 is 19.9 Å². The van der Waals surface area contributed by atoms with E-state index in [0.717, 1.165) is 33.9 Å². The Hall–Kier alpha value is -2.04. The summed E-state index contributed by atoms with van der Waals surface area (Å²) in [5.74, 6) is 2.27. The molecule has 124 valence electrons. The van der Waals surface area contributed by atoms with E-state index in [2.05, 4.69) is 5.32 Å². The van der Waals surface area contributed by atoms with Crippen LogP contribution in [0.25, 0.3) is 0 Å². The van der Waals surface area contributed by atoms with Crippen LogP contribution in [0.4, 0.5) is 0 Å². The van der Waals surface area contributed by atoms with Gasteiger partial charge >= 0.3 is 0 Å². The monoisotopic (exact) mass is 315 g/mol. The minimum Gasteiger partial charge on any atom is -0.496 e. The Labute approximate surface area is 138 Å². The van der Waals surface area contributed by atoms with Crippen LogP contribution in [0.1, 0.15) is 30.5 Å². The molecule has 0 saturated carbocycles. The number of aliphatic hydroxyl groups is 1. The van der Waals surface area contributed by atoms with Gasteiger partial charge in [-0.25, -0.2) is 0 Å². The maximum atomic E-state index is 10.2. The summed E-state index contributed by atoms with van der Waals surface area (Å²) >= 11 is 0. The molecule has 0 aliphatic rings. The molecule has 0 spiro atoms. The second kappa shape index (κ2) is 7.02. The summed E-state index contributed by atoms with van der Waals surface area (Å²) in [6.45, 7) is 6.18. The van der Waals surface area contributed by atoms with Gasteiger partial charge in [0, 0.05) is 17.7 Å². The molecule has 2 aromatic rings. The van der Waals surface area contributed by atoms with Gasteiger partial charge in [-0.05, 0) is 51.6 Å². The Morgan fingerprint density at radius 1 is 1.09 bits per heavy atom. The smallest absolute Gasteiger partial charge is 0.134 e. The van der Waals surface area contributed by atoms with E-state index in [-0.39, 0.29) is 0 Å². The molecule has 0 heterocycles. The lowest BCUT2D eigenvalue weighted by atomic mass is 9.96. The predicted molar refractivity (Wildman–Crippen MR) is 92.3 cm³/mol. The lowest BCUT2D eigenvalue weighted by Crippen LogP contribution is -2.16. The summed E-state index contributed by atoms with van der Waals surface area (Å²) in [5, 5.41) is 13.4. The molecule has 0 unspecified atom stereocenters. The normalized spacial score (nSPS) is 11.4. The van der Waals surface area contributed by atoms with Gasteiger partial charge in [0.2, 0.25) is 0 Å². The highest BCUT2D eigenvalue weighted by Crippen LogP contribution is 2.34. The van der Waals surface area contributed by atoms with Crippen LogP contribution >= 0.6 is 0 Å². The molecule has 4 nitrogen and oxygen atoms in total. The molecule has 4 heteroatoms. The lowest BCUT2D eigenvalue weighted by molar-refractivity contribution is 0.0783. The van der Waals surface area contributed by atoms with Crippen molar-refractivity contribution in [1.29, 1.82) is 0 Å².